The number of rotatable bonds is 20. The predicted octanol–water partition coefficient (Wildman–Crippen LogP) is 11.2. The van der Waals surface area contributed by atoms with E-state index in [9.17, 15) is 28.8 Å². The molecule has 5 aromatic rings. The highest BCUT2D eigenvalue weighted by molar-refractivity contribution is 6.35. The smallest absolute Gasteiger partial charge is 0.258 e. The van der Waals surface area contributed by atoms with Crippen molar-refractivity contribution < 1.29 is 28.8 Å². The molecule has 0 spiro atoms. The highest BCUT2D eigenvalue weighted by Gasteiger charge is 2.26. The monoisotopic (exact) mass is 976 g/mol. The summed E-state index contributed by atoms with van der Waals surface area (Å²) in [4.78, 5) is 78.6. The molecule has 0 aromatic heterocycles. The molecule has 0 aliphatic heterocycles. The second-order valence-corrected chi connectivity index (χ2v) is 16.1. The van der Waals surface area contributed by atoms with Crippen LogP contribution in [0.4, 0.5) is 34.1 Å². The predicted molar refractivity (Wildman–Crippen MR) is 257 cm³/mol. The van der Waals surface area contributed by atoms with Crippen molar-refractivity contribution in [3.63, 3.8) is 0 Å². The number of hydrogen-bond donors (Lipinski definition) is 4. The van der Waals surface area contributed by atoms with Gasteiger partial charge in [0.05, 0.1) is 32.5 Å². The minimum atomic E-state index is -1.58. The minimum absolute atomic E-state index is 0.0847. The molecule has 14 nitrogen and oxygen atoms in total. The van der Waals surface area contributed by atoms with Crippen molar-refractivity contribution in [2.24, 2.45) is 20.5 Å². The van der Waals surface area contributed by atoms with Gasteiger partial charge in [-0.05, 0) is 117 Å². The Morgan fingerprint density at radius 1 is 0.492 bits per heavy atom. The lowest BCUT2D eigenvalue weighted by atomic mass is 10.1. The third-order valence-electron chi connectivity index (χ3n) is 9.49. The number of hydrogen-bond acceptors (Lipinski definition) is 10. The van der Waals surface area contributed by atoms with E-state index in [1.165, 1.54) is 68.4 Å². The van der Waals surface area contributed by atoms with Crippen LogP contribution < -0.4 is 21.3 Å². The summed E-state index contributed by atoms with van der Waals surface area (Å²) in [7, 11) is 0. The molecule has 2 unspecified atom stereocenters. The number of nitrogens with one attached hydrogen (secondary N) is 4. The number of anilines is 4. The fraction of sp³-hybridized carbons (Fsp3) is 0.217. The van der Waals surface area contributed by atoms with Crippen molar-refractivity contribution in [1.29, 1.82) is 0 Å². The van der Waals surface area contributed by atoms with Gasteiger partial charge in [-0.3, -0.25) is 28.8 Å². The number of ketones is 2. The van der Waals surface area contributed by atoms with Crippen LogP contribution >= 0.6 is 58.0 Å². The van der Waals surface area contributed by atoms with E-state index in [1.807, 2.05) is 24.3 Å². The van der Waals surface area contributed by atoms with E-state index < -0.39 is 47.3 Å². The summed E-state index contributed by atoms with van der Waals surface area (Å²) in [6, 6.07) is 24.3. The molecule has 0 aliphatic rings. The molecule has 0 radical (unpaired) electrons. The second kappa shape index (κ2) is 24.3. The van der Waals surface area contributed by atoms with E-state index in [1.54, 1.807) is 24.3 Å². The maximum Gasteiger partial charge on any atom is 0.258 e. The van der Waals surface area contributed by atoms with E-state index in [0.29, 0.717) is 41.5 Å². The van der Waals surface area contributed by atoms with Crippen molar-refractivity contribution >= 4 is 127 Å². The van der Waals surface area contributed by atoms with E-state index in [0.717, 1.165) is 11.1 Å². The molecule has 0 aliphatic carbocycles. The third kappa shape index (κ3) is 14.0. The van der Waals surface area contributed by atoms with Crippen molar-refractivity contribution in [3.05, 3.63) is 141 Å². The number of carbonyl (C=O) groups excluding carboxylic acids is 6. The number of azo groups is 2. The van der Waals surface area contributed by atoms with Crippen LogP contribution in [0.25, 0.3) is 0 Å². The number of aryl methyl sites for hydroxylation is 3. The number of halogens is 5. The average Bonchev–Trinajstić information content (AvgIpc) is 3.27. The maximum atomic E-state index is 13.5. The van der Waals surface area contributed by atoms with E-state index in [4.69, 9.17) is 58.0 Å². The summed E-state index contributed by atoms with van der Waals surface area (Å²) in [5, 5.41) is 27.4. The Morgan fingerprint density at radius 3 is 1.35 bits per heavy atom. The first-order valence-corrected chi connectivity index (χ1v) is 22.2. The van der Waals surface area contributed by atoms with Crippen molar-refractivity contribution in [2.45, 2.75) is 45.2 Å². The molecular weight excluding hydrogens is 938 g/mol. The number of benzene rings is 5. The Morgan fingerprint density at radius 2 is 0.908 bits per heavy atom. The molecule has 65 heavy (non-hydrogen) atoms. The van der Waals surface area contributed by atoms with Gasteiger partial charge in [-0.2, -0.15) is 20.5 Å². The van der Waals surface area contributed by atoms with Crippen LogP contribution in [0.1, 0.15) is 51.3 Å². The summed E-state index contributed by atoms with van der Waals surface area (Å²) >= 11 is 30.7. The fourth-order valence-electron chi connectivity index (χ4n) is 6.20. The molecule has 2 atom stereocenters. The lowest BCUT2D eigenvalue weighted by Crippen LogP contribution is -2.32. The Bertz CT molecular complexity index is 2660. The third-order valence-corrected chi connectivity index (χ3v) is 10.7. The van der Waals surface area contributed by atoms with E-state index in [-0.39, 0.29) is 56.2 Å². The molecule has 0 saturated carbocycles. The van der Waals surface area contributed by atoms with Gasteiger partial charge in [-0.25, -0.2) is 0 Å². The van der Waals surface area contributed by atoms with Crippen LogP contribution in [0.5, 0.6) is 0 Å². The molecule has 0 fully saturated rings. The van der Waals surface area contributed by atoms with Crippen LogP contribution in [0, 0.1) is 0 Å². The van der Waals surface area contributed by atoms with Crippen LogP contribution in [-0.4, -0.2) is 64.9 Å². The largest absolute Gasteiger partial charge is 0.324 e. The minimum Gasteiger partial charge on any atom is -0.324 e. The van der Waals surface area contributed by atoms with Crippen molar-refractivity contribution in [3.8, 4) is 0 Å². The van der Waals surface area contributed by atoms with Gasteiger partial charge in [0.1, 0.15) is 0 Å². The summed E-state index contributed by atoms with van der Waals surface area (Å²) < 4.78 is 0. The van der Waals surface area contributed by atoms with Crippen LogP contribution in [-0.2, 0) is 38.4 Å². The van der Waals surface area contributed by atoms with Gasteiger partial charge < -0.3 is 21.3 Å². The molecule has 5 aromatic carbocycles. The zero-order valence-electron chi connectivity index (χ0n) is 34.8. The number of alkyl halides is 3. The molecule has 19 heteroatoms. The molecule has 4 N–H and O–H groups in total. The Labute approximate surface area is 399 Å². The summed E-state index contributed by atoms with van der Waals surface area (Å²) in [5.74, 6) is -3.06. The average molecular weight is 979 g/mol. The quantitative estimate of drug-likeness (QED) is 0.0340. The number of nitrogens with zero attached hydrogens (tertiary/aromatic N) is 4. The Kier molecular flexibility index (Phi) is 18.7. The maximum absolute atomic E-state index is 13.5. The van der Waals surface area contributed by atoms with Crippen LogP contribution in [0.3, 0.4) is 0 Å². The Hall–Kier alpha value is -6.03. The molecule has 4 amide bonds. The first-order valence-electron chi connectivity index (χ1n) is 19.9. The second-order valence-electron chi connectivity index (χ2n) is 14.2. The number of amides is 4. The molecule has 0 heterocycles. The lowest BCUT2D eigenvalue weighted by molar-refractivity contribution is -0.127. The summed E-state index contributed by atoms with van der Waals surface area (Å²) in [5.41, 5.74) is 4.27. The first kappa shape index (κ1) is 50.0. The number of Topliss-reactive ketones (excluding diaryl/α,β-unsaturated/α-hetero) is 2. The normalized spacial score (nSPS) is 12.1. The Balaban J connectivity index is 1.27. The van der Waals surface area contributed by atoms with Crippen molar-refractivity contribution in [1.82, 2.24) is 0 Å². The molecule has 0 bridgehead atoms. The number of para-hydroxylation sites is 2. The standard InChI is InChI=1S/C46H41Cl5N8O6/c1-26(60)41(58-56-32-11-14-36(50)34(24-32)43(62)53-38-9-5-3-7-28(38)17-20-47)45(64)52-31-13-16-40(30(23-31)19-22-49)55-46(65)42(27(2)61)59-57-33-12-15-37(51)35(25-33)44(63)54-39-10-6-4-8-29(39)18-21-48/h3-16,23-25,41-42H,17-22H2,1-2H3,(H,52,64)(H,53,62)(H,54,63)(H,55,65). The zero-order chi connectivity index (χ0) is 47.0. The zero-order valence-corrected chi connectivity index (χ0v) is 38.6. The van der Waals surface area contributed by atoms with Crippen LogP contribution in [0.2, 0.25) is 10.0 Å². The molecule has 336 valence electrons. The van der Waals surface area contributed by atoms with Gasteiger partial charge in [0.2, 0.25) is 12.1 Å². The van der Waals surface area contributed by atoms with Crippen LogP contribution in [0.15, 0.2) is 124 Å². The molecular formula is C46H41Cl5N8O6. The van der Waals surface area contributed by atoms with E-state index >= 15 is 0 Å². The van der Waals surface area contributed by atoms with Gasteiger partial charge in [0.15, 0.2) is 11.6 Å². The molecule has 5 rings (SSSR count). The highest BCUT2D eigenvalue weighted by atomic mass is 35.5. The SMILES string of the molecule is CC(=O)C(N=Nc1ccc(Cl)c(C(=O)Nc2ccccc2CCCl)c1)C(=O)Nc1ccc(NC(=O)C(N=Nc2ccc(Cl)c(C(=O)Nc3ccccc3CCCl)c2)C(C)=O)c(CCCl)c1. The molecule has 0 saturated heterocycles. The van der Waals surface area contributed by atoms with Gasteiger partial charge in [0.25, 0.3) is 23.6 Å². The lowest BCUT2D eigenvalue weighted by Gasteiger charge is -2.15. The van der Waals surface area contributed by atoms with E-state index in [2.05, 4.69) is 41.7 Å². The highest BCUT2D eigenvalue weighted by Crippen LogP contribution is 2.28. The summed E-state index contributed by atoms with van der Waals surface area (Å²) in [6.07, 6.45) is 1.29. The van der Waals surface area contributed by atoms with Gasteiger partial charge in [0, 0.05) is 40.4 Å². The van der Waals surface area contributed by atoms with Gasteiger partial charge >= 0.3 is 0 Å². The first-order chi connectivity index (χ1) is 31.2. The van der Waals surface area contributed by atoms with Gasteiger partial charge in [-0.1, -0.05) is 59.6 Å². The van der Waals surface area contributed by atoms with Crippen molar-refractivity contribution in [2.75, 3.05) is 38.9 Å². The topological polar surface area (TPSA) is 200 Å². The number of carbonyl (C=O) groups is 6. The fourth-order valence-corrected chi connectivity index (χ4v) is 7.22. The summed E-state index contributed by atoms with van der Waals surface area (Å²) in [6.45, 7) is 2.35. The van der Waals surface area contributed by atoms with Gasteiger partial charge in [-0.15, -0.1) is 34.8 Å².